The number of thiophene rings is 2. The summed E-state index contributed by atoms with van der Waals surface area (Å²) in [6.45, 7) is 0. The second kappa shape index (κ2) is 12.5. The summed E-state index contributed by atoms with van der Waals surface area (Å²) in [4.78, 5) is 2.63. The third-order valence-corrected chi connectivity index (χ3v) is 14.0. The molecule has 0 unspecified atom stereocenters. The van der Waals surface area contributed by atoms with E-state index >= 15 is 0 Å². The predicted octanol–water partition coefficient (Wildman–Crippen LogP) is 16.5. The monoisotopic (exact) mass is 744 g/mol. The molecule has 12 rings (SSSR count). The first-order valence-corrected chi connectivity index (χ1v) is 20.8. The van der Waals surface area contributed by atoms with Gasteiger partial charge in [0.1, 0.15) is 0 Å². The van der Waals surface area contributed by atoms with Gasteiger partial charge in [0.25, 0.3) is 0 Å². The summed E-state index contributed by atoms with van der Waals surface area (Å²) >= 11 is 3.84. The first-order chi connectivity index (χ1) is 27.8. The fraction of sp³-hybridized carbons (Fsp3) is 0. The van der Waals surface area contributed by atoms with Gasteiger partial charge in [0.2, 0.25) is 0 Å². The molecule has 0 fully saturated rings. The van der Waals surface area contributed by atoms with E-state index in [9.17, 15) is 0 Å². The van der Waals surface area contributed by atoms with Gasteiger partial charge in [-0.2, -0.15) is 0 Å². The summed E-state index contributed by atoms with van der Waals surface area (Å²) in [6.07, 6.45) is 0. The fourth-order valence-corrected chi connectivity index (χ4v) is 11.7. The second-order valence-electron chi connectivity index (χ2n) is 14.8. The average molecular weight is 745 g/mol. The maximum atomic E-state index is 2.47. The topological polar surface area (TPSA) is 0 Å². The van der Waals surface area contributed by atoms with Crippen molar-refractivity contribution >= 4 is 96.7 Å². The summed E-state index contributed by atoms with van der Waals surface area (Å²) in [6, 6.07) is 72.3. The standard InChI is InChI=1S/C54H32S2/c1-3-15-35-29-39(27-25-33(35)13-1)49-43-21-9-11-23-47(43)55-53(49)51-41-19-7-8-20-42(41)52(46-32-38-18-6-5-17-37(38)31-45(46)51)54-50(44-22-10-12-24-48(44)56-54)40-28-26-34-14-2-4-16-36(34)30-40/h1-32H. The zero-order chi connectivity index (χ0) is 36.7. The first-order valence-electron chi connectivity index (χ1n) is 19.2. The lowest BCUT2D eigenvalue weighted by molar-refractivity contribution is 1.71. The molecule has 0 nitrogen and oxygen atoms in total. The van der Waals surface area contributed by atoms with E-state index in [2.05, 4.69) is 194 Å². The lowest BCUT2D eigenvalue weighted by atomic mass is 9.85. The van der Waals surface area contributed by atoms with Gasteiger partial charge in [-0.1, -0.05) is 158 Å². The lowest BCUT2D eigenvalue weighted by Crippen LogP contribution is -1.92. The van der Waals surface area contributed by atoms with Crippen molar-refractivity contribution in [1.29, 1.82) is 0 Å². The van der Waals surface area contributed by atoms with Gasteiger partial charge in [0.15, 0.2) is 0 Å². The van der Waals surface area contributed by atoms with E-state index < -0.39 is 0 Å². The van der Waals surface area contributed by atoms with Crippen LogP contribution in [0.5, 0.6) is 0 Å². The lowest BCUT2D eigenvalue weighted by Gasteiger charge is -2.19. The molecule has 0 aliphatic rings. The Hall–Kier alpha value is -6.58. The molecule has 2 heteroatoms. The van der Waals surface area contributed by atoms with Crippen LogP contribution >= 0.6 is 22.7 Å². The Bertz CT molecular complexity index is 3310. The number of benzene rings is 10. The first kappa shape index (κ1) is 31.7. The summed E-state index contributed by atoms with van der Waals surface area (Å²) in [7, 11) is 0. The van der Waals surface area contributed by atoms with Crippen LogP contribution in [0.15, 0.2) is 194 Å². The maximum Gasteiger partial charge on any atom is 0.0446 e. The normalized spacial score (nSPS) is 11.9. The predicted molar refractivity (Wildman–Crippen MR) is 246 cm³/mol. The third-order valence-electron chi connectivity index (χ3n) is 11.6. The van der Waals surface area contributed by atoms with Crippen molar-refractivity contribution in [2.75, 3.05) is 0 Å². The molecule has 0 atom stereocenters. The van der Waals surface area contributed by atoms with Gasteiger partial charge in [0, 0.05) is 52.2 Å². The smallest absolute Gasteiger partial charge is 0.0446 e. The Morgan fingerprint density at radius 1 is 0.232 bits per heavy atom. The average Bonchev–Trinajstić information content (AvgIpc) is 3.83. The zero-order valence-electron chi connectivity index (χ0n) is 30.3. The number of fused-ring (bicyclic) bond motifs is 7. The molecule has 2 aromatic heterocycles. The summed E-state index contributed by atoms with van der Waals surface area (Å²) in [5.74, 6) is 0. The minimum Gasteiger partial charge on any atom is -0.134 e. The van der Waals surface area contributed by atoms with Crippen molar-refractivity contribution in [3.8, 4) is 43.1 Å². The van der Waals surface area contributed by atoms with E-state index in [0.717, 1.165) is 0 Å². The Kier molecular flexibility index (Phi) is 7.07. The molecule has 0 spiro atoms. The van der Waals surface area contributed by atoms with E-state index in [0.29, 0.717) is 0 Å². The van der Waals surface area contributed by atoms with Crippen LogP contribution in [-0.4, -0.2) is 0 Å². The van der Waals surface area contributed by atoms with Gasteiger partial charge >= 0.3 is 0 Å². The highest BCUT2D eigenvalue weighted by Gasteiger charge is 2.26. The highest BCUT2D eigenvalue weighted by atomic mass is 32.1. The molecule has 2 heterocycles. The largest absolute Gasteiger partial charge is 0.134 e. The Labute approximate surface area is 332 Å². The SMILES string of the molecule is c1ccc2cc(-c3c(-c4c5ccccc5c(-c5sc6ccccc6c5-c5ccc6ccccc6c5)c5cc6ccccc6cc45)sc4ccccc34)ccc2c1. The van der Waals surface area contributed by atoms with Crippen molar-refractivity contribution in [1.82, 2.24) is 0 Å². The van der Waals surface area contributed by atoms with Gasteiger partial charge in [-0.3, -0.25) is 0 Å². The van der Waals surface area contributed by atoms with E-state index in [4.69, 9.17) is 0 Å². The molecule has 0 amide bonds. The van der Waals surface area contributed by atoms with Crippen LogP contribution in [0.2, 0.25) is 0 Å². The molecular formula is C54H32S2. The van der Waals surface area contributed by atoms with Crippen molar-refractivity contribution < 1.29 is 0 Å². The van der Waals surface area contributed by atoms with Crippen molar-refractivity contribution in [3.63, 3.8) is 0 Å². The molecule has 260 valence electrons. The minimum absolute atomic E-state index is 1.25. The maximum absolute atomic E-state index is 2.47. The highest BCUT2D eigenvalue weighted by Crippen LogP contribution is 2.55. The molecule has 0 aliphatic carbocycles. The molecular weight excluding hydrogens is 713 g/mol. The molecule has 0 radical (unpaired) electrons. The summed E-state index contributed by atoms with van der Waals surface area (Å²) in [5, 5.41) is 15.3. The third kappa shape index (κ3) is 4.83. The summed E-state index contributed by atoms with van der Waals surface area (Å²) < 4.78 is 2.60. The van der Waals surface area contributed by atoms with E-state index in [1.807, 2.05) is 22.7 Å². The Morgan fingerprint density at radius 2 is 0.571 bits per heavy atom. The molecule has 12 aromatic rings. The molecule has 0 bridgehead atoms. The fourth-order valence-electron chi connectivity index (χ4n) is 9.06. The van der Waals surface area contributed by atoms with E-state index in [-0.39, 0.29) is 0 Å². The Balaban J connectivity index is 1.24. The van der Waals surface area contributed by atoms with Gasteiger partial charge in [-0.15, -0.1) is 22.7 Å². The van der Waals surface area contributed by atoms with Crippen LogP contribution < -0.4 is 0 Å². The number of rotatable bonds is 4. The van der Waals surface area contributed by atoms with Crippen LogP contribution in [0.1, 0.15) is 0 Å². The van der Waals surface area contributed by atoms with Gasteiger partial charge in [-0.05, 0) is 101 Å². The van der Waals surface area contributed by atoms with Crippen molar-refractivity contribution in [3.05, 3.63) is 194 Å². The molecule has 56 heavy (non-hydrogen) atoms. The minimum atomic E-state index is 1.25. The zero-order valence-corrected chi connectivity index (χ0v) is 31.9. The molecule has 0 N–H and O–H groups in total. The second-order valence-corrected chi connectivity index (χ2v) is 16.9. The Morgan fingerprint density at radius 3 is 1.00 bits per heavy atom. The quantitative estimate of drug-likeness (QED) is 0.157. The number of hydrogen-bond donors (Lipinski definition) is 0. The highest BCUT2D eigenvalue weighted by molar-refractivity contribution is 7.23. The van der Waals surface area contributed by atoms with E-state index in [1.165, 1.54) is 117 Å². The van der Waals surface area contributed by atoms with Crippen LogP contribution in [0.4, 0.5) is 0 Å². The van der Waals surface area contributed by atoms with Crippen LogP contribution in [0, 0.1) is 0 Å². The van der Waals surface area contributed by atoms with Gasteiger partial charge in [-0.25, -0.2) is 0 Å². The van der Waals surface area contributed by atoms with Crippen LogP contribution in [0.3, 0.4) is 0 Å². The molecule has 0 saturated heterocycles. The number of hydrogen-bond acceptors (Lipinski definition) is 2. The van der Waals surface area contributed by atoms with Crippen molar-refractivity contribution in [2.45, 2.75) is 0 Å². The van der Waals surface area contributed by atoms with Crippen LogP contribution in [0.25, 0.3) is 117 Å². The van der Waals surface area contributed by atoms with E-state index in [1.54, 1.807) is 0 Å². The van der Waals surface area contributed by atoms with Gasteiger partial charge in [0.05, 0.1) is 0 Å². The van der Waals surface area contributed by atoms with Crippen LogP contribution in [-0.2, 0) is 0 Å². The van der Waals surface area contributed by atoms with Crippen molar-refractivity contribution in [2.24, 2.45) is 0 Å². The van der Waals surface area contributed by atoms with Gasteiger partial charge < -0.3 is 0 Å². The molecule has 0 aliphatic heterocycles. The summed E-state index contributed by atoms with van der Waals surface area (Å²) in [5.41, 5.74) is 7.73. The molecule has 0 saturated carbocycles. The molecule has 10 aromatic carbocycles.